The lowest BCUT2D eigenvalue weighted by Crippen LogP contribution is -2.25. The minimum atomic E-state index is -0.660. The lowest BCUT2D eigenvalue weighted by atomic mass is 10.1. The molecule has 102 valence electrons. The zero-order valence-electron chi connectivity index (χ0n) is 10.9. The van der Waals surface area contributed by atoms with Gasteiger partial charge in [0, 0.05) is 18.7 Å². The molecule has 1 aromatic rings. The molecule has 0 aliphatic carbocycles. The van der Waals surface area contributed by atoms with Gasteiger partial charge in [-0.25, -0.2) is 8.78 Å². The summed E-state index contributed by atoms with van der Waals surface area (Å²) in [6.07, 6.45) is 1.11. The molecule has 0 saturated carbocycles. The molecule has 1 N–H and O–H groups in total. The predicted octanol–water partition coefficient (Wildman–Crippen LogP) is 1.88. The van der Waals surface area contributed by atoms with Crippen LogP contribution in [-0.2, 0) is 6.54 Å². The second-order valence-corrected chi connectivity index (χ2v) is 5.08. The van der Waals surface area contributed by atoms with Crippen LogP contribution in [-0.4, -0.2) is 31.6 Å². The smallest absolute Gasteiger partial charge is 0.131 e. The fourth-order valence-electron chi connectivity index (χ4n) is 2.43. The monoisotopic (exact) mass is 265 g/mol. The Hall–Kier alpha value is -1.51. The van der Waals surface area contributed by atoms with Crippen LogP contribution in [0.15, 0.2) is 12.1 Å². The van der Waals surface area contributed by atoms with Crippen molar-refractivity contribution in [2.75, 3.05) is 26.7 Å². The van der Waals surface area contributed by atoms with E-state index in [-0.39, 0.29) is 17.7 Å². The fourth-order valence-corrected chi connectivity index (χ4v) is 2.43. The first kappa shape index (κ1) is 13.9. The molecule has 1 aliphatic rings. The van der Waals surface area contributed by atoms with Crippen molar-refractivity contribution in [2.24, 2.45) is 5.92 Å². The quantitative estimate of drug-likeness (QED) is 0.903. The normalized spacial score (nSPS) is 19.6. The first-order valence-corrected chi connectivity index (χ1v) is 6.37. The van der Waals surface area contributed by atoms with E-state index in [0.717, 1.165) is 38.2 Å². The molecular formula is C14H17F2N3. The topological polar surface area (TPSA) is 39.1 Å². The average Bonchev–Trinajstić information content (AvgIpc) is 2.78. The number of nitrogens with zero attached hydrogens (tertiary/aromatic N) is 2. The summed E-state index contributed by atoms with van der Waals surface area (Å²) in [6.45, 7) is 3.00. The van der Waals surface area contributed by atoms with Crippen molar-refractivity contribution in [3.8, 4) is 6.07 Å². The third-order valence-electron chi connectivity index (χ3n) is 3.49. The zero-order valence-corrected chi connectivity index (χ0v) is 10.9. The first-order chi connectivity index (χ1) is 9.10. The zero-order chi connectivity index (χ0) is 13.8. The standard InChI is InChI=1S/C14H17F2N3/c1-19-3-2-10(9-19)7-18-8-12-13(15)4-11(6-17)5-14(12)16/h4-5,10,18H,2-3,7-9H2,1H3. The molecule has 0 spiro atoms. The van der Waals surface area contributed by atoms with Crippen molar-refractivity contribution in [1.29, 1.82) is 5.26 Å². The Kier molecular flexibility index (Phi) is 4.46. The Labute approximate surface area is 111 Å². The lowest BCUT2D eigenvalue weighted by Gasteiger charge is -2.12. The molecule has 1 atom stereocenters. The summed E-state index contributed by atoms with van der Waals surface area (Å²) in [6, 6.07) is 3.88. The van der Waals surface area contributed by atoms with Gasteiger partial charge in [-0.15, -0.1) is 0 Å². The molecule has 1 fully saturated rings. The van der Waals surface area contributed by atoms with Gasteiger partial charge in [-0.2, -0.15) is 5.26 Å². The van der Waals surface area contributed by atoms with Crippen LogP contribution in [0.2, 0.25) is 0 Å². The Morgan fingerprint density at radius 2 is 2.11 bits per heavy atom. The number of likely N-dealkylation sites (tertiary alicyclic amines) is 1. The Bertz CT molecular complexity index is 473. The number of hydrogen-bond donors (Lipinski definition) is 1. The van der Waals surface area contributed by atoms with Crippen LogP contribution in [0, 0.1) is 28.9 Å². The molecule has 1 heterocycles. The molecule has 1 aliphatic heterocycles. The van der Waals surface area contributed by atoms with Gasteiger partial charge in [0.15, 0.2) is 0 Å². The maximum atomic E-state index is 13.6. The molecule has 0 bridgehead atoms. The highest BCUT2D eigenvalue weighted by Crippen LogP contribution is 2.16. The fraction of sp³-hybridized carbons (Fsp3) is 0.500. The van der Waals surface area contributed by atoms with Crippen molar-refractivity contribution in [2.45, 2.75) is 13.0 Å². The number of benzene rings is 1. The Balaban J connectivity index is 1.91. The minimum absolute atomic E-state index is 0.00496. The van der Waals surface area contributed by atoms with E-state index in [2.05, 4.69) is 17.3 Å². The van der Waals surface area contributed by atoms with Crippen molar-refractivity contribution < 1.29 is 8.78 Å². The highest BCUT2D eigenvalue weighted by atomic mass is 19.1. The van der Waals surface area contributed by atoms with E-state index in [1.807, 2.05) is 0 Å². The van der Waals surface area contributed by atoms with Gasteiger partial charge in [0.25, 0.3) is 0 Å². The van der Waals surface area contributed by atoms with Gasteiger partial charge in [0.1, 0.15) is 11.6 Å². The van der Waals surface area contributed by atoms with Gasteiger partial charge in [-0.3, -0.25) is 0 Å². The molecule has 19 heavy (non-hydrogen) atoms. The highest BCUT2D eigenvalue weighted by Gasteiger charge is 2.19. The van der Waals surface area contributed by atoms with Crippen molar-refractivity contribution in [3.05, 3.63) is 34.9 Å². The maximum Gasteiger partial charge on any atom is 0.131 e. The van der Waals surface area contributed by atoms with Crippen LogP contribution in [0.5, 0.6) is 0 Å². The van der Waals surface area contributed by atoms with E-state index in [4.69, 9.17) is 5.26 Å². The van der Waals surface area contributed by atoms with Crippen molar-refractivity contribution in [1.82, 2.24) is 10.2 Å². The first-order valence-electron chi connectivity index (χ1n) is 6.37. The Morgan fingerprint density at radius 1 is 1.42 bits per heavy atom. The molecular weight excluding hydrogens is 248 g/mol. The van der Waals surface area contributed by atoms with Gasteiger partial charge in [0.05, 0.1) is 11.6 Å². The Morgan fingerprint density at radius 3 is 2.63 bits per heavy atom. The van der Waals surface area contributed by atoms with Crippen molar-refractivity contribution in [3.63, 3.8) is 0 Å². The molecule has 3 nitrogen and oxygen atoms in total. The van der Waals surface area contributed by atoms with E-state index in [1.54, 1.807) is 6.07 Å². The predicted molar refractivity (Wildman–Crippen MR) is 68.4 cm³/mol. The summed E-state index contributed by atoms with van der Waals surface area (Å²) in [7, 11) is 2.07. The number of nitriles is 1. The second-order valence-electron chi connectivity index (χ2n) is 5.08. The summed E-state index contributed by atoms with van der Waals surface area (Å²) in [5.74, 6) is -0.783. The largest absolute Gasteiger partial charge is 0.312 e. The van der Waals surface area contributed by atoms with Gasteiger partial charge in [-0.05, 0) is 44.6 Å². The summed E-state index contributed by atoms with van der Waals surface area (Å²) >= 11 is 0. The van der Waals surface area contributed by atoms with Crippen LogP contribution in [0.1, 0.15) is 17.5 Å². The van der Waals surface area contributed by atoms with E-state index < -0.39 is 11.6 Å². The van der Waals surface area contributed by atoms with E-state index in [1.165, 1.54) is 0 Å². The molecule has 2 rings (SSSR count). The van der Waals surface area contributed by atoms with Gasteiger partial charge in [-0.1, -0.05) is 0 Å². The second kappa shape index (κ2) is 6.09. The van der Waals surface area contributed by atoms with Crippen LogP contribution in [0.4, 0.5) is 8.78 Å². The lowest BCUT2D eigenvalue weighted by molar-refractivity contribution is 0.387. The van der Waals surface area contributed by atoms with Crippen LogP contribution < -0.4 is 5.32 Å². The van der Waals surface area contributed by atoms with Crippen LogP contribution >= 0.6 is 0 Å². The molecule has 5 heteroatoms. The minimum Gasteiger partial charge on any atom is -0.312 e. The molecule has 0 amide bonds. The third kappa shape index (κ3) is 3.49. The summed E-state index contributed by atoms with van der Waals surface area (Å²) in [5, 5.41) is 11.7. The van der Waals surface area contributed by atoms with Gasteiger partial charge >= 0.3 is 0 Å². The van der Waals surface area contributed by atoms with Gasteiger partial charge < -0.3 is 10.2 Å². The summed E-state index contributed by atoms with van der Waals surface area (Å²) in [4.78, 5) is 2.25. The maximum absolute atomic E-state index is 13.6. The molecule has 1 saturated heterocycles. The molecule has 0 radical (unpaired) electrons. The summed E-state index contributed by atoms with van der Waals surface area (Å²) < 4.78 is 27.2. The number of rotatable bonds is 4. The van der Waals surface area contributed by atoms with E-state index in [0.29, 0.717) is 5.92 Å². The van der Waals surface area contributed by atoms with Crippen molar-refractivity contribution >= 4 is 0 Å². The SMILES string of the molecule is CN1CCC(CNCc2c(F)cc(C#N)cc2F)C1. The third-order valence-corrected chi connectivity index (χ3v) is 3.49. The van der Waals surface area contributed by atoms with E-state index in [9.17, 15) is 8.78 Å². The highest BCUT2D eigenvalue weighted by molar-refractivity contribution is 5.34. The molecule has 1 unspecified atom stereocenters. The van der Waals surface area contributed by atoms with Crippen LogP contribution in [0.25, 0.3) is 0 Å². The summed E-state index contributed by atoms with van der Waals surface area (Å²) in [5.41, 5.74) is 0.0153. The van der Waals surface area contributed by atoms with Crippen LogP contribution in [0.3, 0.4) is 0 Å². The molecule has 0 aromatic heterocycles. The average molecular weight is 265 g/mol. The van der Waals surface area contributed by atoms with Gasteiger partial charge in [0.2, 0.25) is 0 Å². The number of nitrogens with one attached hydrogen (secondary N) is 1. The molecule has 1 aromatic carbocycles. The van der Waals surface area contributed by atoms with E-state index >= 15 is 0 Å². The number of halogens is 2. The number of hydrogen-bond acceptors (Lipinski definition) is 3.